The SMILES string of the molecule is CN=C(NCCc1cn2ccccc2n1)NCc1ncnn1C. The maximum atomic E-state index is 4.57. The number of aromatic nitrogens is 5. The number of guanidine groups is 1. The highest BCUT2D eigenvalue weighted by Gasteiger charge is 2.04. The first-order valence-corrected chi connectivity index (χ1v) is 7.46. The first-order chi connectivity index (χ1) is 11.3. The zero-order chi connectivity index (χ0) is 16.1. The molecule has 0 atom stereocenters. The summed E-state index contributed by atoms with van der Waals surface area (Å²) in [5.41, 5.74) is 2.01. The summed E-state index contributed by atoms with van der Waals surface area (Å²) in [4.78, 5) is 12.9. The van der Waals surface area contributed by atoms with Crippen LogP contribution in [0, 0.1) is 0 Å². The number of hydrogen-bond donors (Lipinski definition) is 2. The van der Waals surface area contributed by atoms with Crippen molar-refractivity contribution in [2.45, 2.75) is 13.0 Å². The Bertz CT molecular complexity index is 768. The maximum Gasteiger partial charge on any atom is 0.191 e. The Morgan fingerprint density at radius 2 is 2.22 bits per heavy atom. The molecule has 3 heterocycles. The van der Waals surface area contributed by atoms with Gasteiger partial charge in [-0.2, -0.15) is 5.10 Å². The molecule has 0 aliphatic rings. The summed E-state index contributed by atoms with van der Waals surface area (Å²) >= 11 is 0. The van der Waals surface area contributed by atoms with E-state index in [-0.39, 0.29) is 0 Å². The van der Waals surface area contributed by atoms with Crippen LogP contribution >= 0.6 is 0 Å². The number of rotatable bonds is 5. The maximum absolute atomic E-state index is 4.57. The van der Waals surface area contributed by atoms with Crippen molar-refractivity contribution in [3.63, 3.8) is 0 Å². The highest BCUT2D eigenvalue weighted by molar-refractivity contribution is 5.79. The predicted molar refractivity (Wildman–Crippen MR) is 88.1 cm³/mol. The van der Waals surface area contributed by atoms with E-state index >= 15 is 0 Å². The predicted octanol–water partition coefficient (Wildman–Crippen LogP) is 0.370. The van der Waals surface area contributed by atoms with Crippen molar-refractivity contribution in [3.8, 4) is 0 Å². The van der Waals surface area contributed by atoms with Gasteiger partial charge in [-0.25, -0.2) is 9.97 Å². The molecule has 0 unspecified atom stereocenters. The van der Waals surface area contributed by atoms with E-state index in [1.165, 1.54) is 6.33 Å². The Labute approximate surface area is 134 Å². The van der Waals surface area contributed by atoms with Crippen molar-refractivity contribution in [2.24, 2.45) is 12.0 Å². The van der Waals surface area contributed by atoms with Crippen molar-refractivity contribution >= 4 is 11.6 Å². The van der Waals surface area contributed by atoms with Crippen LogP contribution < -0.4 is 10.6 Å². The molecule has 0 aliphatic carbocycles. The molecule has 8 heteroatoms. The molecule has 0 fully saturated rings. The third-order valence-corrected chi connectivity index (χ3v) is 3.53. The molecule has 23 heavy (non-hydrogen) atoms. The number of pyridine rings is 1. The molecule has 0 saturated carbocycles. The number of nitrogens with one attached hydrogen (secondary N) is 2. The van der Waals surface area contributed by atoms with E-state index in [1.54, 1.807) is 11.7 Å². The van der Waals surface area contributed by atoms with Crippen LogP contribution in [-0.2, 0) is 20.0 Å². The molecule has 0 saturated heterocycles. The van der Waals surface area contributed by atoms with Crippen LogP contribution in [0.1, 0.15) is 11.5 Å². The second kappa shape index (κ2) is 6.91. The van der Waals surface area contributed by atoms with E-state index in [9.17, 15) is 0 Å². The Hall–Kier alpha value is -2.90. The Morgan fingerprint density at radius 1 is 1.30 bits per heavy atom. The fourth-order valence-corrected chi connectivity index (χ4v) is 2.28. The van der Waals surface area contributed by atoms with Gasteiger partial charge in [0.15, 0.2) is 5.96 Å². The highest BCUT2D eigenvalue weighted by atomic mass is 15.3. The zero-order valence-electron chi connectivity index (χ0n) is 13.3. The molecule has 3 rings (SSSR count). The fraction of sp³-hybridized carbons (Fsp3) is 0.333. The van der Waals surface area contributed by atoms with Gasteiger partial charge < -0.3 is 15.0 Å². The molecule has 3 aromatic rings. The lowest BCUT2D eigenvalue weighted by Crippen LogP contribution is -2.38. The van der Waals surface area contributed by atoms with E-state index in [0.717, 1.165) is 36.1 Å². The summed E-state index contributed by atoms with van der Waals surface area (Å²) in [6, 6.07) is 5.98. The third kappa shape index (κ3) is 3.65. The lowest BCUT2D eigenvalue weighted by Gasteiger charge is -2.10. The Kier molecular flexibility index (Phi) is 4.51. The van der Waals surface area contributed by atoms with Crippen molar-refractivity contribution in [1.29, 1.82) is 0 Å². The normalized spacial score (nSPS) is 11.8. The van der Waals surface area contributed by atoms with E-state index in [2.05, 4.69) is 30.7 Å². The van der Waals surface area contributed by atoms with Gasteiger partial charge in [-0.1, -0.05) is 6.07 Å². The third-order valence-electron chi connectivity index (χ3n) is 3.53. The Morgan fingerprint density at radius 3 is 2.96 bits per heavy atom. The van der Waals surface area contributed by atoms with Crippen LogP contribution in [0.4, 0.5) is 0 Å². The van der Waals surface area contributed by atoms with Gasteiger partial charge in [-0.05, 0) is 12.1 Å². The number of fused-ring (bicyclic) bond motifs is 1. The average Bonchev–Trinajstić information content (AvgIpc) is 3.16. The van der Waals surface area contributed by atoms with E-state index in [0.29, 0.717) is 6.54 Å². The summed E-state index contributed by atoms with van der Waals surface area (Å²) in [7, 11) is 3.61. The van der Waals surface area contributed by atoms with Gasteiger partial charge in [-0.15, -0.1) is 0 Å². The number of hydrogen-bond acceptors (Lipinski definition) is 4. The highest BCUT2D eigenvalue weighted by Crippen LogP contribution is 2.04. The lowest BCUT2D eigenvalue weighted by atomic mass is 10.3. The van der Waals surface area contributed by atoms with Crippen molar-refractivity contribution < 1.29 is 0 Å². The minimum absolute atomic E-state index is 0.574. The molecule has 0 radical (unpaired) electrons. The molecule has 120 valence electrons. The van der Waals surface area contributed by atoms with Crippen LogP contribution in [0.25, 0.3) is 5.65 Å². The van der Waals surface area contributed by atoms with Crippen LogP contribution in [0.15, 0.2) is 41.9 Å². The molecule has 0 aliphatic heterocycles. The van der Waals surface area contributed by atoms with Crippen LogP contribution in [0.2, 0.25) is 0 Å². The van der Waals surface area contributed by atoms with Gasteiger partial charge in [0.05, 0.1) is 12.2 Å². The smallest absolute Gasteiger partial charge is 0.191 e. The number of imidazole rings is 1. The topological polar surface area (TPSA) is 84.4 Å². The molecule has 0 spiro atoms. The molecule has 2 N–H and O–H groups in total. The summed E-state index contributed by atoms with van der Waals surface area (Å²) in [6.45, 7) is 1.33. The van der Waals surface area contributed by atoms with E-state index in [1.807, 2.05) is 42.0 Å². The second-order valence-corrected chi connectivity index (χ2v) is 5.10. The van der Waals surface area contributed by atoms with Gasteiger partial charge in [0.1, 0.15) is 17.8 Å². The van der Waals surface area contributed by atoms with Gasteiger partial charge in [-0.3, -0.25) is 9.67 Å². The quantitative estimate of drug-likeness (QED) is 0.525. The molecular formula is C15H20N8. The lowest BCUT2D eigenvalue weighted by molar-refractivity contribution is 0.672. The van der Waals surface area contributed by atoms with Crippen molar-refractivity contribution in [3.05, 3.63) is 48.4 Å². The molecule has 8 nitrogen and oxygen atoms in total. The minimum Gasteiger partial charge on any atom is -0.356 e. The van der Waals surface area contributed by atoms with E-state index < -0.39 is 0 Å². The summed E-state index contributed by atoms with van der Waals surface area (Å²) in [5, 5.41) is 10.5. The van der Waals surface area contributed by atoms with Gasteiger partial charge >= 0.3 is 0 Å². The van der Waals surface area contributed by atoms with E-state index in [4.69, 9.17) is 0 Å². The van der Waals surface area contributed by atoms with Crippen LogP contribution in [0.3, 0.4) is 0 Å². The summed E-state index contributed by atoms with van der Waals surface area (Å²) in [6.07, 6.45) is 6.41. The number of nitrogens with zero attached hydrogens (tertiary/aromatic N) is 6. The molecule has 3 aromatic heterocycles. The first kappa shape index (κ1) is 15.0. The molecular weight excluding hydrogens is 292 g/mol. The zero-order valence-corrected chi connectivity index (χ0v) is 13.3. The summed E-state index contributed by atoms with van der Waals surface area (Å²) < 4.78 is 3.76. The average molecular weight is 312 g/mol. The standard InChI is InChI=1S/C15H20N8/c1-16-15(18-9-14-19-11-20-22(14)2)17-7-6-12-10-23-8-4-3-5-13(23)21-12/h3-5,8,10-11H,6-7,9H2,1-2H3,(H2,16,17,18). The first-order valence-electron chi connectivity index (χ1n) is 7.46. The molecule has 0 amide bonds. The van der Waals surface area contributed by atoms with Gasteiger partial charge in [0.25, 0.3) is 0 Å². The second-order valence-electron chi connectivity index (χ2n) is 5.10. The fourth-order valence-electron chi connectivity index (χ4n) is 2.28. The molecule has 0 aromatic carbocycles. The minimum atomic E-state index is 0.574. The molecule has 0 bridgehead atoms. The largest absolute Gasteiger partial charge is 0.356 e. The van der Waals surface area contributed by atoms with Gasteiger partial charge in [0.2, 0.25) is 0 Å². The monoisotopic (exact) mass is 312 g/mol. The van der Waals surface area contributed by atoms with Crippen molar-refractivity contribution in [1.82, 2.24) is 34.8 Å². The van der Waals surface area contributed by atoms with Gasteiger partial charge in [0, 0.05) is 39.5 Å². The van der Waals surface area contributed by atoms with Crippen LogP contribution in [0.5, 0.6) is 0 Å². The number of aliphatic imine (C=N–C) groups is 1. The summed E-state index contributed by atoms with van der Waals surface area (Å²) in [5.74, 6) is 1.59. The Balaban J connectivity index is 1.49. The van der Waals surface area contributed by atoms with Crippen molar-refractivity contribution in [2.75, 3.05) is 13.6 Å². The van der Waals surface area contributed by atoms with Crippen LogP contribution in [-0.4, -0.2) is 43.7 Å². The number of aryl methyl sites for hydroxylation is 1.